The number of carbonyl (C=O) groups excluding carboxylic acids is 1. The van der Waals surface area contributed by atoms with Crippen molar-refractivity contribution in [1.82, 2.24) is 5.32 Å². The van der Waals surface area contributed by atoms with E-state index >= 15 is 0 Å². The predicted octanol–water partition coefficient (Wildman–Crippen LogP) is 2.33. The summed E-state index contributed by atoms with van der Waals surface area (Å²) in [6.07, 6.45) is 3.13. The Morgan fingerprint density at radius 2 is 2.23 bits per heavy atom. The summed E-state index contributed by atoms with van der Waals surface area (Å²) in [7, 11) is 0. The number of nitrogens with zero attached hydrogens (tertiary/aromatic N) is 1. The zero-order valence-corrected chi connectivity index (χ0v) is 7.82. The van der Waals surface area contributed by atoms with Crippen molar-refractivity contribution in [2.24, 2.45) is 0 Å². The first-order valence-electron chi connectivity index (χ1n) is 4.17. The maximum Gasteiger partial charge on any atom is 0.269 e. The van der Waals surface area contributed by atoms with Crippen LogP contribution < -0.4 is 5.32 Å². The molecule has 0 unspecified atom stereocenters. The van der Waals surface area contributed by atoms with E-state index in [0.717, 1.165) is 5.56 Å². The molecule has 0 N–H and O–H groups in total. The van der Waals surface area contributed by atoms with Gasteiger partial charge in [-0.2, -0.15) is 0 Å². The van der Waals surface area contributed by atoms with Gasteiger partial charge in [-0.1, -0.05) is 18.2 Å². The number of aryl methyl sites for hydroxylation is 1. The summed E-state index contributed by atoms with van der Waals surface area (Å²) in [6.45, 7) is 3.77. The van der Waals surface area contributed by atoms with Crippen LogP contribution in [0.4, 0.5) is 5.69 Å². The molecule has 1 amide bonds. The third-order valence-corrected chi connectivity index (χ3v) is 1.55. The predicted molar refractivity (Wildman–Crippen MR) is 52.8 cm³/mol. The van der Waals surface area contributed by atoms with Gasteiger partial charge in [0, 0.05) is 6.08 Å². The van der Waals surface area contributed by atoms with Crippen molar-refractivity contribution < 1.29 is 4.79 Å². The van der Waals surface area contributed by atoms with Crippen LogP contribution in [0.5, 0.6) is 0 Å². The Morgan fingerprint density at radius 1 is 1.46 bits per heavy atom. The van der Waals surface area contributed by atoms with Gasteiger partial charge in [0.2, 0.25) is 0 Å². The first-order valence-corrected chi connectivity index (χ1v) is 4.17. The van der Waals surface area contributed by atoms with Gasteiger partial charge < -0.3 is 0 Å². The van der Waals surface area contributed by atoms with Crippen molar-refractivity contribution in [1.29, 1.82) is 0 Å². The number of allylic oxidation sites excluding steroid dienone is 1. The topological polar surface area (TPSA) is 31.2 Å². The van der Waals surface area contributed by atoms with Gasteiger partial charge in [0.15, 0.2) is 0 Å². The zero-order valence-electron chi connectivity index (χ0n) is 7.82. The highest BCUT2D eigenvalue weighted by molar-refractivity contribution is 5.90. The fourth-order valence-corrected chi connectivity index (χ4v) is 1.00. The SMILES string of the molecule is C/C=C/C(=O)[N]c1cccc(C)c1. The van der Waals surface area contributed by atoms with E-state index < -0.39 is 0 Å². The standard InChI is InChI=1S/C11H12NO/c1-3-5-11(13)12-10-7-4-6-9(2)8-10/h3-8H,1-2H3/b5-3+. The van der Waals surface area contributed by atoms with E-state index in [2.05, 4.69) is 5.32 Å². The minimum Gasteiger partial charge on any atom is -0.267 e. The minimum atomic E-state index is -0.215. The summed E-state index contributed by atoms with van der Waals surface area (Å²) in [4.78, 5) is 11.1. The van der Waals surface area contributed by atoms with Crippen LogP contribution in [0.15, 0.2) is 36.4 Å². The highest BCUT2D eigenvalue weighted by Gasteiger charge is 1.98. The van der Waals surface area contributed by atoms with E-state index in [1.807, 2.05) is 31.2 Å². The first kappa shape index (κ1) is 9.52. The summed E-state index contributed by atoms with van der Waals surface area (Å²) >= 11 is 0. The Morgan fingerprint density at radius 3 is 2.85 bits per heavy atom. The van der Waals surface area contributed by atoms with Gasteiger partial charge in [0.1, 0.15) is 0 Å². The normalized spacial score (nSPS) is 10.3. The molecule has 0 aromatic heterocycles. The quantitative estimate of drug-likeness (QED) is 0.633. The molecular formula is C11H12NO. The van der Waals surface area contributed by atoms with E-state index in [1.54, 1.807) is 13.0 Å². The average Bonchev–Trinajstić information content (AvgIpc) is 2.04. The molecule has 0 aliphatic heterocycles. The van der Waals surface area contributed by atoms with E-state index in [4.69, 9.17) is 0 Å². The summed E-state index contributed by atoms with van der Waals surface area (Å²) in [5, 5.41) is 3.88. The second-order valence-corrected chi connectivity index (χ2v) is 2.79. The van der Waals surface area contributed by atoms with E-state index in [1.165, 1.54) is 6.08 Å². The molecule has 1 aromatic rings. The van der Waals surface area contributed by atoms with Gasteiger partial charge in [0.25, 0.3) is 5.91 Å². The van der Waals surface area contributed by atoms with Crippen LogP contribution in [0.25, 0.3) is 0 Å². The fourth-order valence-electron chi connectivity index (χ4n) is 1.00. The third kappa shape index (κ3) is 3.11. The Hall–Kier alpha value is -1.57. The van der Waals surface area contributed by atoms with Crippen molar-refractivity contribution in [3.8, 4) is 0 Å². The number of benzene rings is 1. The molecule has 2 nitrogen and oxygen atoms in total. The van der Waals surface area contributed by atoms with Crippen molar-refractivity contribution in [2.45, 2.75) is 13.8 Å². The highest BCUT2D eigenvalue weighted by Crippen LogP contribution is 2.09. The molecule has 0 bridgehead atoms. The Labute approximate surface area is 78.3 Å². The molecule has 0 fully saturated rings. The molecule has 13 heavy (non-hydrogen) atoms. The van der Waals surface area contributed by atoms with Gasteiger partial charge >= 0.3 is 0 Å². The molecule has 0 aliphatic carbocycles. The van der Waals surface area contributed by atoms with E-state index in [0.29, 0.717) is 5.69 Å². The van der Waals surface area contributed by atoms with Gasteiger partial charge in [-0.15, -0.1) is 0 Å². The molecule has 0 saturated carbocycles. The molecular weight excluding hydrogens is 162 g/mol. The van der Waals surface area contributed by atoms with Gasteiger partial charge in [0.05, 0.1) is 5.69 Å². The van der Waals surface area contributed by atoms with Crippen LogP contribution in [0.1, 0.15) is 12.5 Å². The first-order chi connectivity index (χ1) is 6.22. The van der Waals surface area contributed by atoms with Crippen molar-refractivity contribution in [3.63, 3.8) is 0 Å². The molecule has 2 heteroatoms. The number of amides is 1. The summed E-state index contributed by atoms with van der Waals surface area (Å²) in [5.41, 5.74) is 1.82. The zero-order chi connectivity index (χ0) is 9.68. The van der Waals surface area contributed by atoms with Crippen molar-refractivity contribution >= 4 is 11.6 Å². The van der Waals surface area contributed by atoms with E-state index in [9.17, 15) is 4.79 Å². The lowest BCUT2D eigenvalue weighted by Crippen LogP contribution is -2.06. The molecule has 0 atom stereocenters. The second-order valence-electron chi connectivity index (χ2n) is 2.79. The van der Waals surface area contributed by atoms with Crippen LogP contribution >= 0.6 is 0 Å². The fraction of sp³-hybridized carbons (Fsp3) is 0.182. The lowest BCUT2D eigenvalue weighted by atomic mass is 10.2. The molecule has 0 spiro atoms. The van der Waals surface area contributed by atoms with E-state index in [-0.39, 0.29) is 5.91 Å². The summed E-state index contributed by atoms with van der Waals surface area (Å²) in [5.74, 6) is -0.215. The smallest absolute Gasteiger partial charge is 0.267 e. The number of carbonyl (C=O) groups is 1. The molecule has 67 valence electrons. The molecule has 1 rings (SSSR count). The van der Waals surface area contributed by atoms with Gasteiger partial charge in [-0.05, 0) is 31.5 Å². The average molecular weight is 174 g/mol. The Balaban J connectivity index is 2.69. The van der Waals surface area contributed by atoms with Gasteiger partial charge in [-0.3, -0.25) is 4.79 Å². The second kappa shape index (κ2) is 4.45. The lowest BCUT2D eigenvalue weighted by molar-refractivity contribution is -0.115. The highest BCUT2D eigenvalue weighted by atomic mass is 16.1. The van der Waals surface area contributed by atoms with Crippen LogP contribution in [0.2, 0.25) is 0 Å². The third-order valence-electron chi connectivity index (χ3n) is 1.55. The van der Waals surface area contributed by atoms with Crippen molar-refractivity contribution in [3.05, 3.63) is 42.0 Å². The molecule has 0 saturated heterocycles. The Bertz CT molecular complexity index is 329. The monoisotopic (exact) mass is 174 g/mol. The van der Waals surface area contributed by atoms with Crippen molar-refractivity contribution in [2.75, 3.05) is 0 Å². The molecule has 1 radical (unpaired) electrons. The Kier molecular flexibility index (Phi) is 3.26. The molecule has 1 aromatic carbocycles. The van der Waals surface area contributed by atoms with Crippen LogP contribution in [0.3, 0.4) is 0 Å². The summed E-state index contributed by atoms with van der Waals surface area (Å²) < 4.78 is 0. The van der Waals surface area contributed by atoms with Gasteiger partial charge in [-0.25, -0.2) is 5.32 Å². The number of hydrogen-bond acceptors (Lipinski definition) is 1. The lowest BCUT2D eigenvalue weighted by Gasteiger charge is -1.98. The summed E-state index contributed by atoms with van der Waals surface area (Å²) in [6, 6.07) is 7.55. The molecule has 0 heterocycles. The van der Waals surface area contributed by atoms with Crippen LogP contribution in [0, 0.1) is 6.92 Å². The number of rotatable bonds is 2. The molecule has 0 aliphatic rings. The largest absolute Gasteiger partial charge is 0.269 e. The van der Waals surface area contributed by atoms with Crippen LogP contribution in [-0.2, 0) is 4.79 Å². The maximum absolute atomic E-state index is 11.1. The van der Waals surface area contributed by atoms with Crippen LogP contribution in [-0.4, -0.2) is 5.91 Å². The maximum atomic E-state index is 11.1. The number of hydrogen-bond donors (Lipinski definition) is 0. The minimum absolute atomic E-state index is 0.215.